The molecule has 1 saturated heterocycles. The van der Waals surface area contributed by atoms with E-state index in [-0.39, 0.29) is 11.7 Å². The summed E-state index contributed by atoms with van der Waals surface area (Å²) in [5.41, 5.74) is 1.53. The van der Waals surface area contributed by atoms with Crippen LogP contribution in [0.4, 0.5) is 0 Å². The van der Waals surface area contributed by atoms with Crippen molar-refractivity contribution >= 4 is 46.3 Å². The zero-order valence-corrected chi connectivity index (χ0v) is 17.3. The van der Waals surface area contributed by atoms with Gasteiger partial charge in [0.15, 0.2) is 18.1 Å². The fraction of sp³-hybridized carbons (Fsp3) is 0.190. The van der Waals surface area contributed by atoms with E-state index in [1.54, 1.807) is 29.2 Å². The molecule has 1 fully saturated rings. The van der Waals surface area contributed by atoms with Crippen LogP contribution in [0.25, 0.3) is 6.08 Å². The van der Waals surface area contributed by atoms with Crippen molar-refractivity contribution in [2.24, 2.45) is 0 Å². The number of carboxylic acid groups (broad SMARTS) is 1. The number of benzene rings is 2. The predicted octanol–water partition coefficient (Wildman–Crippen LogP) is 3.95. The summed E-state index contributed by atoms with van der Waals surface area (Å²) in [6, 6.07) is 14.8. The van der Waals surface area contributed by atoms with E-state index >= 15 is 0 Å². The third kappa shape index (κ3) is 5.16. The number of rotatable bonds is 8. The van der Waals surface area contributed by atoms with E-state index in [0.29, 0.717) is 33.7 Å². The van der Waals surface area contributed by atoms with Crippen molar-refractivity contribution in [2.45, 2.75) is 13.5 Å². The summed E-state index contributed by atoms with van der Waals surface area (Å²) in [5, 5.41) is 8.96. The molecule has 2 aromatic carbocycles. The zero-order valence-electron chi connectivity index (χ0n) is 15.7. The maximum atomic E-state index is 12.9. The van der Waals surface area contributed by atoms with Crippen LogP contribution in [0.2, 0.25) is 0 Å². The van der Waals surface area contributed by atoms with Crippen molar-refractivity contribution in [3.8, 4) is 11.5 Å². The molecule has 2 aromatic rings. The first-order valence-electron chi connectivity index (χ1n) is 8.89. The Balaban J connectivity index is 1.89. The second-order valence-corrected chi connectivity index (χ2v) is 7.72. The molecule has 3 rings (SSSR count). The number of carbonyl (C=O) groups excluding carboxylic acids is 1. The Morgan fingerprint density at radius 1 is 1.17 bits per heavy atom. The third-order valence-corrected chi connectivity index (χ3v) is 5.37. The minimum absolute atomic E-state index is 0.199. The van der Waals surface area contributed by atoms with Crippen LogP contribution in [0.15, 0.2) is 53.4 Å². The number of para-hydroxylation sites is 1. The number of ether oxygens (including phenoxy) is 2. The maximum Gasteiger partial charge on any atom is 0.341 e. The fourth-order valence-corrected chi connectivity index (χ4v) is 3.99. The Hall–Kier alpha value is -2.84. The number of amides is 1. The molecule has 1 aliphatic heterocycles. The van der Waals surface area contributed by atoms with Crippen LogP contribution in [0.5, 0.6) is 11.5 Å². The van der Waals surface area contributed by atoms with Gasteiger partial charge in [0.05, 0.1) is 18.1 Å². The van der Waals surface area contributed by atoms with Gasteiger partial charge in [0.1, 0.15) is 4.32 Å². The molecule has 0 saturated carbocycles. The number of thioether (sulfide) groups is 1. The quantitative estimate of drug-likeness (QED) is 0.503. The predicted molar refractivity (Wildman–Crippen MR) is 116 cm³/mol. The highest BCUT2D eigenvalue weighted by Crippen LogP contribution is 2.38. The number of carboxylic acids is 1. The molecule has 0 aromatic heterocycles. The van der Waals surface area contributed by atoms with Crippen LogP contribution >= 0.6 is 24.0 Å². The van der Waals surface area contributed by atoms with E-state index in [2.05, 4.69) is 0 Å². The lowest BCUT2D eigenvalue weighted by Crippen LogP contribution is -2.27. The van der Waals surface area contributed by atoms with Crippen LogP contribution in [0, 0.1) is 0 Å². The van der Waals surface area contributed by atoms with Crippen LogP contribution in [0.1, 0.15) is 18.1 Å². The Morgan fingerprint density at radius 2 is 1.93 bits per heavy atom. The number of carbonyl (C=O) groups is 2. The summed E-state index contributed by atoms with van der Waals surface area (Å²) < 4.78 is 11.5. The Kier molecular flexibility index (Phi) is 6.90. The van der Waals surface area contributed by atoms with Crippen molar-refractivity contribution in [2.75, 3.05) is 13.2 Å². The Bertz CT molecular complexity index is 959. The summed E-state index contributed by atoms with van der Waals surface area (Å²) in [6.07, 6.45) is 1.66. The van der Waals surface area contributed by atoms with Gasteiger partial charge in [0, 0.05) is 5.56 Å². The monoisotopic (exact) mass is 429 g/mol. The first-order chi connectivity index (χ1) is 14.0. The van der Waals surface area contributed by atoms with E-state index < -0.39 is 12.6 Å². The Morgan fingerprint density at radius 3 is 2.62 bits per heavy atom. The third-order valence-electron chi connectivity index (χ3n) is 3.99. The lowest BCUT2D eigenvalue weighted by atomic mass is 10.1. The molecule has 0 aliphatic carbocycles. The van der Waals surface area contributed by atoms with Crippen LogP contribution in [-0.4, -0.2) is 39.4 Å². The lowest BCUT2D eigenvalue weighted by molar-refractivity contribution is -0.139. The summed E-state index contributed by atoms with van der Waals surface area (Å²) in [7, 11) is 0. The highest BCUT2D eigenvalue weighted by molar-refractivity contribution is 8.26. The molecule has 1 amide bonds. The second kappa shape index (κ2) is 9.58. The van der Waals surface area contributed by atoms with Gasteiger partial charge in [-0.15, -0.1) is 0 Å². The first kappa shape index (κ1) is 20.9. The highest BCUT2D eigenvalue weighted by Gasteiger charge is 2.32. The fourth-order valence-electron chi connectivity index (χ4n) is 2.75. The largest absolute Gasteiger partial charge is 0.490 e. The number of hydrogen-bond acceptors (Lipinski definition) is 6. The van der Waals surface area contributed by atoms with Gasteiger partial charge in [-0.3, -0.25) is 9.69 Å². The van der Waals surface area contributed by atoms with Crippen molar-refractivity contribution in [1.29, 1.82) is 0 Å². The van der Waals surface area contributed by atoms with Crippen molar-refractivity contribution in [3.63, 3.8) is 0 Å². The van der Waals surface area contributed by atoms with Gasteiger partial charge >= 0.3 is 5.97 Å². The number of hydrogen-bond donors (Lipinski definition) is 1. The van der Waals surface area contributed by atoms with E-state index in [9.17, 15) is 9.59 Å². The van der Waals surface area contributed by atoms with Crippen LogP contribution in [-0.2, 0) is 16.1 Å². The van der Waals surface area contributed by atoms with Crippen molar-refractivity contribution < 1.29 is 24.2 Å². The minimum atomic E-state index is -1.10. The molecule has 1 heterocycles. The lowest BCUT2D eigenvalue weighted by Gasteiger charge is -2.14. The maximum absolute atomic E-state index is 12.9. The second-order valence-electron chi connectivity index (χ2n) is 6.04. The molecule has 0 spiro atoms. The normalized spacial score (nSPS) is 15.1. The number of thiocarbonyl (C=S) groups is 1. The van der Waals surface area contributed by atoms with E-state index in [1.807, 2.05) is 37.3 Å². The van der Waals surface area contributed by atoms with E-state index in [0.717, 1.165) is 5.56 Å². The molecule has 8 heteroatoms. The molecule has 150 valence electrons. The van der Waals surface area contributed by atoms with E-state index in [4.69, 9.17) is 26.8 Å². The summed E-state index contributed by atoms with van der Waals surface area (Å²) in [6.45, 7) is 2.10. The number of aliphatic carboxylic acids is 1. The molecular formula is C21H19NO5S2. The summed E-state index contributed by atoms with van der Waals surface area (Å²) >= 11 is 6.59. The van der Waals surface area contributed by atoms with Gasteiger partial charge in [-0.25, -0.2) is 4.79 Å². The molecule has 0 radical (unpaired) electrons. The molecule has 1 N–H and O–H groups in total. The molecule has 6 nitrogen and oxygen atoms in total. The smallest absolute Gasteiger partial charge is 0.341 e. The summed E-state index contributed by atoms with van der Waals surface area (Å²) in [5.74, 6) is -0.598. The zero-order chi connectivity index (χ0) is 20.8. The molecule has 29 heavy (non-hydrogen) atoms. The molecular weight excluding hydrogens is 410 g/mol. The standard InChI is InChI=1S/C21H19NO5S2/c1-2-26-16-10-6-9-15(19(16)27-13-18(23)24)11-17-20(25)22(21(28)29-17)12-14-7-4-3-5-8-14/h3-11H,2,12-13H2,1H3,(H,23,24)/b17-11+. The topological polar surface area (TPSA) is 76.1 Å². The average molecular weight is 430 g/mol. The van der Waals surface area contributed by atoms with Gasteiger partial charge in [0.2, 0.25) is 0 Å². The van der Waals surface area contributed by atoms with E-state index in [1.165, 1.54) is 11.8 Å². The van der Waals surface area contributed by atoms with Gasteiger partial charge in [-0.1, -0.05) is 66.4 Å². The molecule has 0 atom stereocenters. The van der Waals surface area contributed by atoms with Gasteiger partial charge in [0.25, 0.3) is 5.91 Å². The number of nitrogens with zero attached hydrogens (tertiary/aromatic N) is 1. The van der Waals surface area contributed by atoms with Gasteiger partial charge < -0.3 is 14.6 Å². The molecule has 0 bridgehead atoms. The average Bonchev–Trinajstić information content (AvgIpc) is 2.96. The van der Waals surface area contributed by atoms with Crippen molar-refractivity contribution in [1.82, 2.24) is 4.90 Å². The van der Waals surface area contributed by atoms with Gasteiger partial charge in [-0.2, -0.15) is 0 Å². The first-order valence-corrected chi connectivity index (χ1v) is 10.1. The highest BCUT2D eigenvalue weighted by atomic mass is 32.2. The SMILES string of the molecule is CCOc1cccc(/C=C2/SC(=S)N(Cc3ccccc3)C2=O)c1OCC(=O)O. The molecule has 1 aliphatic rings. The molecule has 0 unspecified atom stereocenters. The summed E-state index contributed by atoms with van der Waals surface area (Å²) in [4.78, 5) is 25.8. The Labute approximate surface area is 178 Å². The van der Waals surface area contributed by atoms with Crippen LogP contribution < -0.4 is 9.47 Å². The minimum Gasteiger partial charge on any atom is -0.490 e. The van der Waals surface area contributed by atoms with Crippen LogP contribution in [0.3, 0.4) is 0 Å². The van der Waals surface area contributed by atoms with Crippen molar-refractivity contribution in [3.05, 3.63) is 64.6 Å². The van der Waals surface area contributed by atoms with Gasteiger partial charge in [-0.05, 0) is 24.6 Å².